The van der Waals surface area contributed by atoms with Gasteiger partial charge in [-0.25, -0.2) is 0 Å². The fraction of sp³-hybridized carbons (Fsp3) is 0.739. The third-order valence-electron chi connectivity index (χ3n) is 6.52. The predicted octanol–water partition coefficient (Wildman–Crippen LogP) is 2.50. The van der Waals surface area contributed by atoms with Crippen LogP contribution in [0.15, 0.2) is 30.3 Å². The van der Waals surface area contributed by atoms with E-state index in [0.29, 0.717) is 11.9 Å². The van der Waals surface area contributed by atoms with Crippen molar-refractivity contribution in [3.8, 4) is 0 Å². The van der Waals surface area contributed by atoms with Crippen LogP contribution in [0.1, 0.15) is 39.5 Å². The Balaban J connectivity index is 1.38. The van der Waals surface area contributed by atoms with Crippen molar-refractivity contribution >= 4 is 24.3 Å². The van der Waals surface area contributed by atoms with Crippen LogP contribution in [0.2, 0.25) is 15.5 Å². The van der Waals surface area contributed by atoms with Crippen molar-refractivity contribution < 1.29 is 45.6 Å². The Labute approximate surface area is 210 Å². The van der Waals surface area contributed by atoms with Gasteiger partial charge < -0.3 is 0 Å². The first-order chi connectivity index (χ1) is 16.4. The van der Waals surface area contributed by atoms with E-state index in [1.165, 1.54) is 0 Å². The van der Waals surface area contributed by atoms with Gasteiger partial charge in [0, 0.05) is 0 Å². The fourth-order valence-electron chi connectivity index (χ4n) is 5.22. The van der Waals surface area contributed by atoms with E-state index in [4.69, 9.17) is 32.6 Å². The van der Waals surface area contributed by atoms with Crippen molar-refractivity contribution in [2.24, 2.45) is 0 Å². The number of fused-ring (bicyclic) bond motifs is 1. The molecule has 12 heteroatoms. The maximum absolute atomic E-state index is 11.5. The average molecular weight is 580 g/mol. The van der Waals surface area contributed by atoms with Gasteiger partial charge in [0.1, 0.15) is 0 Å². The van der Waals surface area contributed by atoms with Crippen LogP contribution in [0.4, 0.5) is 0 Å². The maximum atomic E-state index is 11.5. The van der Waals surface area contributed by atoms with Gasteiger partial charge in [-0.1, -0.05) is 0 Å². The molecule has 35 heavy (non-hydrogen) atoms. The first kappa shape index (κ1) is 26.0. The number of rotatable bonds is 6. The van der Waals surface area contributed by atoms with Gasteiger partial charge in [0.05, 0.1) is 0 Å². The molecule has 1 aromatic rings. The Morgan fingerprint density at radius 2 is 1.74 bits per heavy atom. The van der Waals surface area contributed by atoms with Crippen LogP contribution in [0.25, 0.3) is 0 Å². The molecule has 0 bridgehead atoms. The Bertz CT molecular complexity index is 1000. The quantitative estimate of drug-likeness (QED) is 0.282. The van der Waals surface area contributed by atoms with Gasteiger partial charge >= 0.3 is 211 Å². The molecule has 4 heterocycles. The molecule has 1 aromatic carbocycles. The number of hydrogen-bond donors (Lipinski definition) is 0. The van der Waals surface area contributed by atoms with Gasteiger partial charge in [-0.15, -0.1) is 0 Å². The van der Waals surface area contributed by atoms with Crippen LogP contribution >= 0.6 is 0 Å². The standard InChI is InChI=1S/C23H32O10SSe/c1-22(2)28-11-16(30-22)20-19-18(31-23(3,4)32-19)13-35(20)12-17-15(33-34(24,25)26)10-27-21(29-17)14-8-6-5-7-9-14/h5-9,15-21H,10-13H2,1-4H3/t15-,16-,17+,18+,19+,20-,21?,35?/m0/s1. The van der Waals surface area contributed by atoms with Crippen LogP contribution in [0.3, 0.4) is 0 Å². The Kier molecular flexibility index (Phi) is 7.13. The molecule has 0 radical (unpaired) electrons. The summed E-state index contributed by atoms with van der Waals surface area (Å²) < 4.78 is 75.9. The Morgan fingerprint density at radius 3 is 2.40 bits per heavy atom. The van der Waals surface area contributed by atoms with E-state index in [0.717, 1.165) is 10.9 Å². The van der Waals surface area contributed by atoms with Crippen LogP contribution in [0, 0.1) is 0 Å². The van der Waals surface area contributed by atoms with E-state index < -0.39 is 54.4 Å². The summed E-state index contributed by atoms with van der Waals surface area (Å²) in [7, 11) is -4.94. The van der Waals surface area contributed by atoms with E-state index in [2.05, 4.69) is 0 Å². The molecule has 0 amide bonds. The van der Waals surface area contributed by atoms with Gasteiger partial charge in [-0.2, -0.15) is 0 Å². The summed E-state index contributed by atoms with van der Waals surface area (Å²) in [6.45, 7) is 7.96. The van der Waals surface area contributed by atoms with E-state index in [1.807, 2.05) is 58.0 Å². The van der Waals surface area contributed by atoms with Gasteiger partial charge in [-0.3, -0.25) is 0 Å². The fourth-order valence-corrected chi connectivity index (χ4v) is 12.3. The second kappa shape index (κ2) is 9.59. The number of hydrogen-bond acceptors (Lipinski definition) is 10. The summed E-state index contributed by atoms with van der Waals surface area (Å²) in [6, 6.07) is 9.39. The molecule has 10 nitrogen and oxygen atoms in total. The van der Waals surface area contributed by atoms with Crippen molar-refractivity contribution in [1.82, 2.24) is 0 Å². The van der Waals surface area contributed by atoms with Gasteiger partial charge in [-0.05, 0) is 0 Å². The van der Waals surface area contributed by atoms with Crippen LogP contribution in [-0.2, 0) is 43.0 Å². The van der Waals surface area contributed by atoms with Crippen molar-refractivity contribution in [3.05, 3.63) is 35.9 Å². The minimum absolute atomic E-state index is 0.0506. The molecule has 0 saturated carbocycles. The van der Waals surface area contributed by atoms with Gasteiger partial charge in [0.25, 0.3) is 0 Å². The SMILES string of the molecule is CC1(C)OC[C@@H]([C@H]2[C@@H]3OC(C)(C)O[C@@H]3C[Se+]2C[C@H]2OC(c3ccccc3)OC[C@@H]2OS(=O)(=O)[O-])O1. The second-order valence-electron chi connectivity index (χ2n) is 10.1. The van der Waals surface area contributed by atoms with Crippen LogP contribution < -0.4 is 0 Å². The molecule has 0 spiro atoms. The van der Waals surface area contributed by atoms with E-state index in [1.54, 1.807) is 0 Å². The third-order valence-corrected chi connectivity index (χ3v) is 13.0. The summed E-state index contributed by atoms with van der Waals surface area (Å²) in [5.41, 5.74) is 0.809. The number of ether oxygens (including phenoxy) is 6. The van der Waals surface area contributed by atoms with Crippen molar-refractivity contribution in [2.75, 3.05) is 13.2 Å². The normalized spacial score (nSPS) is 40.6. The molecule has 196 valence electrons. The molecule has 4 fully saturated rings. The number of benzene rings is 1. The van der Waals surface area contributed by atoms with Crippen molar-refractivity contribution in [2.45, 2.75) is 91.5 Å². The van der Waals surface area contributed by atoms with Crippen LogP contribution in [-0.4, -0.2) is 82.2 Å². The monoisotopic (exact) mass is 580 g/mol. The van der Waals surface area contributed by atoms with Gasteiger partial charge in [0.15, 0.2) is 0 Å². The third kappa shape index (κ3) is 5.94. The molecule has 4 saturated heterocycles. The zero-order valence-electron chi connectivity index (χ0n) is 20.2. The average Bonchev–Trinajstić information content (AvgIpc) is 3.36. The summed E-state index contributed by atoms with van der Waals surface area (Å²) in [6.07, 6.45) is -2.76. The molecule has 8 atom stereocenters. The Hall–Kier alpha value is -0.631. The first-order valence-corrected chi connectivity index (χ1v) is 16.4. The van der Waals surface area contributed by atoms with Gasteiger partial charge in [0.2, 0.25) is 0 Å². The summed E-state index contributed by atoms with van der Waals surface area (Å²) in [5, 5.41) is 1.34. The zero-order chi connectivity index (χ0) is 25.0. The summed E-state index contributed by atoms with van der Waals surface area (Å²) in [4.78, 5) is 0.0506. The zero-order valence-corrected chi connectivity index (χ0v) is 22.7. The molecule has 0 aromatic heterocycles. The molecule has 0 N–H and O–H groups in total. The molecule has 4 aliphatic rings. The minimum atomic E-state index is -4.94. The van der Waals surface area contributed by atoms with Crippen LogP contribution in [0.5, 0.6) is 0 Å². The Morgan fingerprint density at radius 1 is 1.03 bits per heavy atom. The first-order valence-electron chi connectivity index (χ1n) is 11.7. The van der Waals surface area contributed by atoms with Crippen molar-refractivity contribution in [3.63, 3.8) is 0 Å². The molecule has 0 aliphatic carbocycles. The molecule has 5 rings (SSSR count). The second-order valence-corrected chi connectivity index (χ2v) is 15.9. The predicted molar refractivity (Wildman–Crippen MR) is 122 cm³/mol. The molecule has 2 unspecified atom stereocenters. The topological polar surface area (TPSA) is 122 Å². The van der Waals surface area contributed by atoms with E-state index in [9.17, 15) is 13.0 Å². The van der Waals surface area contributed by atoms with E-state index in [-0.39, 0.29) is 29.7 Å². The van der Waals surface area contributed by atoms with Crippen molar-refractivity contribution in [1.29, 1.82) is 0 Å². The van der Waals surface area contributed by atoms with E-state index >= 15 is 0 Å². The molecule has 4 aliphatic heterocycles. The molecular formula is C23H32O10SSe. The summed E-state index contributed by atoms with van der Waals surface area (Å²) >= 11 is -1.59. The molecular weight excluding hydrogens is 547 g/mol. The summed E-state index contributed by atoms with van der Waals surface area (Å²) in [5.74, 6) is -1.38.